The normalized spacial score (nSPS) is 26.6. The van der Waals surface area contributed by atoms with Gasteiger partial charge in [0.1, 0.15) is 0 Å². The maximum atomic E-state index is 10.8. The summed E-state index contributed by atoms with van der Waals surface area (Å²) in [4.78, 5) is 10.8. The molecule has 0 saturated heterocycles. The average molecular weight is 239 g/mol. The topological polar surface area (TPSA) is 49.3 Å². The molecule has 0 aromatic heterocycles. The molecule has 0 amide bonds. The van der Waals surface area contributed by atoms with Crippen molar-refractivity contribution in [1.82, 2.24) is 5.32 Å². The first-order chi connectivity index (χ1) is 8.15. The number of carboxylic acids is 1. The lowest BCUT2D eigenvalue weighted by molar-refractivity contribution is -0.132. The summed E-state index contributed by atoms with van der Waals surface area (Å²) >= 11 is 0. The van der Waals surface area contributed by atoms with Crippen molar-refractivity contribution < 1.29 is 9.90 Å². The van der Waals surface area contributed by atoms with Crippen molar-refractivity contribution in [2.75, 3.05) is 6.54 Å². The highest BCUT2D eigenvalue weighted by Gasteiger charge is 2.18. The smallest absolute Gasteiger partial charge is 0.331 e. The predicted octanol–water partition coefficient (Wildman–Crippen LogP) is 2.97. The zero-order valence-corrected chi connectivity index (χ0v) is 11.0. The third kappa shape index (κ3) is 4.90. The molecular formula is C14H25NO2. The number of hydrogen-bond donors (Lipinski definition) is 2. The Morgan fingerprint density at radius 3 is 2.71 bits per heavy atom. The summed E-state index contributed by atoms with van der Waals surface area (Å²) in [5.41, 5.74) is 0.513. The van der Waals surface area contributed by atoms with Crippen molar-refractivity contribution in [3.8, 4) is 0 Å². The zero-order chi connectivity index (χ0) is 12.7. The Kier molecular flexibility index (Phi) is 6.27. The average Bonchev–Trinajstić information content (AvgIpc) is 2.49. The lowest BCUT2D eigenvalue weighted by Crippen LogP contribution is -2.34. The van der Waals surface area contributed by atoms with E-state index in [2.05, 4.69) is 12.2 Å². The monoisotopic (exact) mass is 239 g/mol. The Labute approximate surface area is 104 Å². The third-order valence-corrected chi connectivity index (χ3v) is 3.75. The van der Waals surface area contributed by atoms with Crippen molar-refractivity contribution in [2.45, 2.75) is 58.4 Å². The summed E-state index contributed by atoms with van der Waals surface area (Å²) < 4.78 is 0. The Morgan fingerprint density at radius 1 is 1.35 bits per heavy atom. The fourth-order valence-electron chi connectivity index (χ4n) is 2.51. The van der Waals surface area contributed by atoms with E-state index < -0.39 is 5.97 Å². The summed E-state index contributed by atoms with van der Waals surface area (Å²) in [5.74, 6) is -0.0796. The van der Waals surface area contributed by atoms with Gasteiger partial charge in [-0.2, -0.15) is 0 Å². The van der Waals surface area contributed by atoms with Crippen LogP contribution in [0.15, 0.2) is 11.6 Å². The van der Waals surface area contributed by atoms with Crippen LogP contribution in [0.5, 0.6) is 0 Å². The van der Waals surface area contributed by atoms with Crippen molar-refractivity contribution in [3.05, 3.63) is 11.6 Å². The van der Waals surface area contributed by atoms with Crippen LogP contribution in [0.25, 0.3) is 0 Å². The number of nitrogens with one attached hydrogen (secondary N) is 1. The quantitative estimate of drug-likeness (QED) is 0.573. The molecule has 0 bridgehead atoms. The van der Waals surface area contributed by atoms with Gasteiger partial charge in [-0.15, -0.1) is 0 Å². The molecule has 0 heterocycles. The van der Waals surface area contributed by atoms with Gasteiger partial charge in [-0.1, -0.05) is 39.2 Å². The first kappa shape index (κ1) is 14.2. The molecule has 3 nitrogen and oxygen atoms in total. The van der Waals surface area contributed by atoms with Crippen molar-refractivity contribution >= 4 is 5.97 Å². The van der Waals surface area contributed by atoms with Gasteiger partial charge in [0.2, 0.25) is 0 Å². The fourth-order valence-corrected chi connectivity index (χ4v) is 2.51. The predicted molar refractivity (Wildman–Crippen MR) is 70.0 cm³/mol. The summed E-state index contributed by atoms with van der Waals surface area (Å²) in [7, 11) is 0. The van der Waals surface area contributed by atoms with E-state index in [4.69, 9.17) is 5.11 Å². The molecule has 2 unspecified atom stereocenters. The van der Waals surface area contributed by atoms with E-state index >= 15 is 0 Å². The van der Waals surface area contributed by atoms with Crippen LogP contribution in [0.1, 0.15) is 52.4 Å². The fraction of sp³-hybridized carbons (Fsp3) is 0.786. The van der Waals surface area contributed by atoms with Gasteiger partial charge in [0.05, 0.1) is 0 Å². The highest BCUT2D eigenvalue weighted by Crippen LogP contribution is 2.22. The lowest BCUT2D eigenvalue weighted by Gasteiger charge is -2.22. The number of carbonyl (C=O) groups is 1. The molecule has 98 valence electrons. The van der Waals surface area contributed by atoms with Crippen LogP contribution < -0.4 is 5.32 Å². The second-order valence-corrected chi connectivity index (χ2v) is 5.02. The molecule has 0 aliphatic heterocycles. The minimum absolute atomic E-state index is 0.513. The summed E-state index contributed by atoms with van der Waals surface area (Å²) in [6.45, 7) is 4.86. The van der Waals surface area contributed by atoms with Crippen LogP contribution in [0.4, 0.5) is 0 Å². The molecule has 1 saturated carbocycles. The first-order valence-electron chi connectivity index (χ1n) is 6.80. The van der Waals surface area contributed by atoms with Crippen LogP contribution in [0.2, 0.25) is 0 Å². The Hall–Kier alpha value is -0.830. The molecule has 2 atom stereocenters. The number of aliphatic carboxylic acids is 1. The maximum absolute atomic E-state index is 10.8. The van der Waals surface area contributed by atoms with Gasteiger partial charge in [0.15, 0.2) is 0 Å². The van der Waals surface area contributed by atoms with Crippen LogP contribution in [0.3, 0.4) is 0 Å². The lowest BCUT2D eigenvalue weighted by atomic mass is 9.97. The Morgan fingerprint density at radius 2 is 2.06 bits per heavy atom. The highest BCUT2D eigenvalue weighted by molar-refractivity contribution is 5.86. The van der Waals surface area contributed by atoms with Gasteiger partial charge in [0.25, 0.3) is 0 Å². The Bertz CT molecular complexity index is 273. The van der Waals surface area contributed by atoms with E-state index in [0.29, 0.717) is 30.5 Å². The van der Waals surface area contributed by atoms with Gasteiger partial charge in [-0.3, -0.25) is 0 Å². The first-order valence-corrected chi connectivity index (χ1v) is 6.80. The summed E-state index contributed by atoms with van der Waals surface area (Å²) in [6.07, 6.45) is 8.91. The second-order valence-electron chi connectivity index (χ2n) is 5.02. The van der Waals surface area contributed by atoms with E-state index in [1.165, 1.54) is 32.1 Å². The van der Waals surface area contributed by atoms with E-state index in [1.54, 1.807) is 0 Å². The molecule has 0 aromatic carbocycles. The van der Waals surface area contributed by atoms with Gasteiger partial charge in [-0.25, -0.2) is 4.79 Å². The molecule has 1 fully saturated rings. The van der Waals surface area contributed by atoms with E-state index in [1.807, 2.05) is 13.0 Å². The number of hydrogen-bond acceptors (Lipinski definition) is 2. The zero-order valence-electron chi connectivity index (χ0n) is 11.0. The van der Waals surface area contributed by atoms with Gasteiger partial charge in [-0.05, 0) is 25.2 Å². The Balaban J connectivity index is 2.40. The van der Waals surface area contributed by atoms with Crippen LogP contribution >= 0.6 is 0 Å². The van der Waals surface area contributed by atoms with E-state index in [-0.39, 0.29) is 0 Å². The molecule has 3 heteroatoms. The van der Waals surface area contributed by atoms with Gasteiger partial charge in [0, 0.05) is 18.2 Å². The molecule has 17 heavy (non-hydrogen) atoms. The molecular weight excluding hydrogens is 214 g/mol. The molecule has 1 aliphatic carbocycles. The third-order valence-electron chi connectivity index (χ3n) is 3.75. The molecule has 1 aliphatic rings. The SMILES string of the molecule is CCC(=CCNC1CCCCCC1C)C(=O)O. The van der Waals surface area contributed by atoms with Crippen molar-refractivity contribution in [2.24, 2.45) is 5.92 Å². The van der Waals surface area contributed by atoms with Crippen LogP contribution in [-0.2, 0) is 4.79 Å². The number of carboxylic acid groups (broad SMARTS) is 1. The van der Waals surface area contributed by atoms with E-state index in [0.717, 1.165) is 0 Å². The molecule has 0 spiro atoms. The molecule has 1 rings (SSSR count). The van der Waals surface area contributed by atoms with Crippen LogP contribution in [-0.4, -0.2) is 23.7 Å². The maximum Gasteiger partial charge on any atom is 0.331 e. The molecule has 2 N–H and O–H groups in total. The minimum atomic E-state index is -0.789. The van der Waals surface area contributed by atoms with Gasteiger partial charge < -0.3 is 10.4 Å². The van der Waals surface area contributed by atoms with Gasteiger partial charge >= 0.3 is 5.97 Å². The molecule has 0 aromatic rings. The number of rotatable bonds is 5. The van der Waals surface area contributed by atoms with E-state index in [9.17, 15) is 4.79 Å². The van der Waals surface area contributed by atoms with Crippen molar-refractivity contribution in [1.29, 1.82) is 0 Å². The summed E-state index contributed by atoms with van der Waals surface area (Å²) in [5, 5.41) is 12.4. The highest BCUT2D eigenvalue weighted by atomic mass is 16.4. The summed E-state index contributed by atoms with van der Waals surface area (Å²) in [6, 6.07) is 0.556. The standard InChI is InChI=1S/C14H25NO2/c1-3-12(14(16)17)9-10-15-13-8-6-4-5-7-11(13)2/h9,11,13,15H,3-8,10H2,1-2H3,(H,16,17). The second kappa shape index (κ2) is 7.49. The largest absolute Gasteiger partial charge is 0.478 e. The van der Waals surface area contributed by atoms with Crippen molar-refractivity contribution in [3.63, 3.8) is 0 Å². The minimum Gasteiger partial charge on any atom is -0.478 e. The van der Waals surface area contributed by atoms with Crippen LogP contribution in [0, 0.1) is 5.92 Å². The molecule has 0 radical (unpaired) electrons.